The van der Waals surface area contributed by atoms with E-state index in [0.717, 1.165) is 30.5 Å². The number of H-pyrrole nitrogens is 1. The van der Waals surface area contributed by atoms with Crippen molar-refractivity contribution in [3.05, 3.63) is 17.5 Å². The van der Waals surface area contributed by atoms with Gasteiger partial charge in [0.05, 0.1) is 5.69 Å². The second-order valence-electron chi connectivity index (χ2n) is 4.51. The Kier molecular flexibility index (Phi) is 3.38. The van der Waals surface area contributed by atoms with Gasteiger partial charge in [-0.1, -0.05) is 0 Å². The number of nitrogens with one attached hydrogen (secondary N) is 3. The molecule has 0 radical (unpaired) electrons. The minimum Gasteiger partial charge on any atom is -0.312 e. The Morgan fingerprint density at radius 1 is 1.60 bits per heavy atom. The number of rotatable bonds is 6. The average molecular weight is 208 g/mol. The first kappa shape index (κ1) is 10.6. The van der Waals surface area contributed by atoms with Crippen molar-refractivity contribution in [2.24, 2.45) is 0 Å². The van der Waals surface area contributed by atoms with Gasteiger partial charge in [0, 0.05) is 30.9 Å². The first-order valence-corrected chi connectivity index (χ1v) is 5.71. The highest BCUT2D eigenvalue weighted by molar-refractivity contribution is 5.06. The zero-order valence-corrected chi connectivity index (χ0v) is 9.51. The van der Waals surface area contributed by atoms with Crippen LogP contribution in [0.5, 0.6) is 0 Å². The number of aromatic nitrogens is 2. The molecule has 0 saturated heterocycles. The maximum absolute atomic E-state index is 4.19. The molecule has 1 unspecified atom stereocenters. The van der Waals surface area contributed by atoms with Crippen LogP contribution in [0.2, 0.25) is 0 Å². The summed E-state index contributed by atoms with van der Waals surface area (Å²) in [5.74, 6) is 0. The Bertz CT molecular complexity index is 303. The lowest BCUT2D eigenvalue weighted by Crippen LogP contribution is -2.36. The van der Waals surface area contributed by atoms with Gasteiger partial charge < -0.3 is 10.6 Å². The fraction of sp³-hybridized carbons (Fsp3) is 0.727. The van der Waals surface area contributed by atoms with Crippen molar-refractivity contribution in [1.29, 1.82) is 0 Å². The van der Waals surface area contributed by atoms with Crippen molar-refractivity contribution >= 4 is 0 Å². The molecule has 84 valence electrons. The van der Waals surface area contributed by atoms with Crippen molar-refractivity contribution < 1.29 is 0 Å². The van der Waals surface area contributed by atoms with Crippen LogP contribution in [0.15, 0.2) is 6.07 Å². The van der Waals surface area contributed by atoms with E-state index in [4.69, 9.17) is 0 Å². The standard InChI is InChI=1S/C11H20N4/c1-8-5-11(15-14-8)7-12-9(2)6-13-10-3-4-10/h5,9-10,12-13H,3-4,6-7H2,1-2H3,(H,14,15). The number of aryl methyl sites for hydroxylation is 1. The second kappa shape index (κ2) is 4.77. The summed E-state index contributed by atoms with van der Waals surface area (Å²) in [6.45, 7) is 6.12. The number of nitrogens with zero attached hydrogens (tertiary/aromatic N) is 1. The molecule has 0 aliphatic heterocycles. The summed E-state index contributed by atoms with van der Waals surface area (Å²) in [6.07, 6.45) is 2.70. The molecule has 1 aromatic rings. The summed E-state index contributed by atoms with van der Waals surface area (Å²) in [4.78, 5) is 0. The number of hydrogen-bond acceptors (Lipinski definition) is 3. The van der Waals surface area contributed by atoms with Gasteiger partial charge in [-0.15, -0.1) is 0 Å². The molecule has 4 nitrogen and oxygen atoms in total. The fourth-order valence-corrected chi connectivity index (χ4v) is 1.55. The predicted molar refractivity (Wildman–Crippen MR) is 60.7 cm³/mol. The number of aromatic amines is 1. The van der Waals surface area contributed by atoms with Crippen LogP contribution in [0.4, 0.5) is 0 Å². The van der Waals surface area contributed by atoms with Crippen LogP contribution in [-0.2, 0) is 6.54 Å². The molecular weight excluding hydrogens is 188 g/mol. The average Bonchev–Trinajstić information content (AvgIpc) is 2.95. The zero-order chi connectivity index (χ0) is 10.7. The van der Waals surface area contributed by atoms with Crippen molar-refractivity contribution in [2.75, 3.05) is 6.54 Å². The van der Waals surface area contributed by atoms with Crippen LogP contribution in [0.1, 0.15) is 31.2 Å². The molecule has 1 atom stereocenters. The molecule has 1 saturated carbocycles. The Hall–Kier alpha value is -0.870. The van der Waals surface area contributed by atoms with Gasteiger partial charge in [-0.25, -0.2) is 0 Å². The van der Waals surface area contributed by atoms with E-state index in [0.29, 0.717) is 6.04 Å². The minimum atomic E-state index is 0.502. The van der Waals surface area contributed by atoms with Crippen LogP contribution in [0.3, 0.4) is 0 Å². The summed E-state index contributed by atoms with van der Waals surface area (Å²) < 4.78 is 0. The van der Waals surface area contributed by atoms with Gasteiger partial charge in [0.25, 0.3) is 0 Å². The Morgan fingerprint density at radius 3 is 3.00 bits per heavy atom. The summed E-state index contributed by atoms with van der Waals surface area (Å²) in [5.41, 5.74) is 2.21. The van der Waals surface area contributed by atoms with E-state index in [2.05, 4.69) is 33.8 Å². The van der Waals surface area contributed by atoms with E-state index in [1.54, 1.807) is 0 Å². The fourth-order valence-electron chi connectivity index (χ4n) is 1.55. The summed E-state index contributed by atoms with van der Waals surface area (Å²) >= 11 is 0. The van der Waals surface area contributed by atoms with Gasteiger partial charge in [-0.3, -0.25) is 5.10 Å². The number of hydrogen-bond donors (Lipinski definition) is 3. The summed E-state index contributed by atoms with van der Waals surface area (Å²) in [7, 11) is 0. The Balaban J connectivity index is 1.63. The van der Waals surface area contributed by atoms with Crippen LogP contribution in [0, 0.1) is 6.92 Å². The molecule has 15 heavy (non-hydrogen) atoms. The Morgan fingerprint density at radius 2 is 2.40 bits per heavy atom. The van der Waals surface area contributed by atoms with Crippen molar-refractivity contribution in [3.63, 3.8) is 0 Å². The lowest BCUT2D eigenvalue weighted by atomic mass is 10.3. The highest BCUT2D eigenvalue weighted by Gasteiger charge is 2.20. The third-order valence-corrected chi connectivity index (χ3v) is 2.68. The van der Waals surface area contributed by atoms with E-state index >= 15 is 0 Å². The highest BCUT2D eigenvalue weighted by Crippen LogP contribution is 2.18. The first-order chi connectivity index (χ1) is 7.24. The molecule has 0 aromatic carbocycles. The van der Waals surface area contributed by atoms with Gasteiger partial charge in [0.1, 0.15) is 0 Å². The Labute approximate surface area is 90.8 Å². The van der Waals surface area contributed by atoms with Crippen LogP contribution in [-0.4, -0.2) is 28.8 Å². The third-order valence-electron chi connectivity index (χ3n) is 2.68. The molecule has 2 rings (SSSR count). The maximum atomic E-state index is 4.19. The second-order valence-corrected chi connectivity index (χ2v) is 4.51. The smallest absolute Gasteiger partial charge is 0.0762 e. The molecule has 4 heteroatoms. The minimum absolute atomic E-state index is 0.502. The van der Waals surface area contributed by atoms with Crippen LogP contribution in [0.25, 0.3) is 0 Å². The summed E-state index contributed by atoms with van der Waals surface area (Å²) in [6, 6.07) is 3.37. The molecule has 1 aliphatic carbocycles. The normalized spacial score (nSPS) is 18.0. The molecule has 1 aliphatic rings. The SMILES string of the molecule is Cc1cc(CNC(C)CNC2CC2)n[nH]1. The third kappa shape index (κ3) is 3.64. The van der Waals surface area contributed by atoms with E-state index in [-0.39, 0.29) is 0 Å². The van der Waals surface area contributed by atoms with E-state index in [1.807, 2.05) is 6.92 Å². The molecule has 0 amide bonds. The van der Waals surface area contributed by atoms with Crippen LogP contribution < -0.4 is 10.6 Å². The molecule has 3 N–H and O–H groups in total. The maximum Gasteiger partial charge on any atom is 0.0762 e. The highest BCUT2D eigenvalue weighted by atomic mass is 15.1. The van der Waals surface area contributed by atoms with Crippen molar-refractivity contribution in [2.45, 2.75) is 45.3 Å². The predicted octanol–water partition coefficient (Wildman–Crippen LogP) is 0.948. The van der Waals surface area contributed by atoms with E-state index in [9.17, 15) is 0 Å². The molecule has 1 heterocycles. The van der Waals surface area contributed by atoms with Gasteiger partial charge >= 0.3 is 0 Å². The first-order valence-electron chi connectivity index (χ1n) is 5.71. The molecule has 1 aromatic heterocycles. The van der Waals surface area contributed by atoms with Crippen LogP contribution >= 0.6 is 0 Å². The molecule has 0 spiro atoms. The largest absolute Gasteiger partial charge is 0.312 e. The molecular formula is C11H20N4. The zero-order valence-electron chi connectivity index (χ0n) is 9.51. The van der Waals surface area contributed by atoms with Crippen molar-refractivity contribution in [1.82, 2.24) is 20.8 Å². The van der Waals surface area contributed by atoms with Gasteiger partial charge in [-0.2, -0.15) is 5.10 Å². The van der Waals surface area contributed by atoms with Crippen molar-refractivity contribution in [3.8, 4) is 0 Å². The lowest BCUT2D eigenvalue weighted by molar-refractivity contribution is 0.496. The van der Waals surface area contributed by atoms with Gasteiger partial charge in [-0.05, 0) is 32.8 Å². The molecule has 0 bridgehead atoms. The van der Waals surface area contributed by atoms with Gasteiger partial charge in [0.2, 0.25) is 0 Å². The summed E-state index contributed by atoms with van der Waals surface area (Å²) in [5, 5.41) is 14.1. The van der Waals surface area contributed by atoms with Gasteiger partial charge in [0.15, 0.2) is 0 Å². The lowest BCUT2D eigenvalue weighted by Gasteiger charge is -2.13. The van der Waals surface area contributed by atoms with E-state index in [1.165, 1.54) is 12.8 Å². The topological polar surface area (TPSA) is 52.7 Å². The van der Waals surface area contributed by atoms with E-state index < -0.39 is 0 Å². The quantitative estimate of drug-likeness (QED) is 0.652. The monoisotopic (exact) mass is 208 g/mol. The molecule has 1 fully saturated rings.